The van der Waals surface area contributed by atoms with Crippen LogP contribution in [-0.2, 0) is 24.2 Å². The van der Waals surface area contributed by atoms with Crippen LogP contribution >= 0.6 is 0 Å². The quantitative estimate of drug-likeness (QED) is 0.577. The molecular weight excluding hydrogens is 370 g/mol. The van der Waals surface area contributed by atoms with Crippen LogP contribution in [0.5, 0.6) is 0 Å². The lowest BCUT2D eigenvalue weighted by molar-refractivity contribution is -0.146. The van der Waals surface area contributed by atoms with Gasteiger partial charge in [-0.15, -0.1) is 0 Å². The van der Waals surface area contributed by atoms with E-state index < -0.39 is 26.7 Å². The van der Waals surface area contributed by atoms with E-state index in [2.05, 4.69) is 17.0 Å². The summed E-state index contributed by atoms with van der Waals surface area (Å²) in [4.78, 5) is 17.6. The number of rotatable bonds is 6. The molecule has 1 aliphatic heterocycles. The minimum atomic E-state index is -3.71. The molecule has 0 aliphatic carbocycles. The number of carbonyl (C=O) groups is 1. The molecule has 7 nitrogen and oxygen atoms in total. The summed E-state index contributed by atoms with van der Waals surface area (Å²) in [6.07, 6.45) is 0.814. The van der Waals surface area contributed by atoms with E-state index in [1.54, 1.807) is 19.1 Å². The highest BCUT2D eigenvalue weighted by Gasteiger charge is 2.48. The molecule has 27 heavy (non-hydrogen) atoms. The van der Waals surface area contributed by atoms with Crippen LogP contribution in [0.25, 0.3) is 0 Å². The third kappa shape index (κ3) is 4.87. The van der Waals surface area contributed by atoms with Gasteiger partial charge in [-0.3, -0.25) is 4.79 Å². The number of ether oxygens (including phenoxy) is 1. The molecule has 1 aliphatic rings. The van der Waals surface area contributed by atoms with Gasteiger partial charge in [-0.1, -0.05) is 29.1 Å². The van der Waals surface area contributed by atoms with Crippen LogP contribution in [0.4, 0.5) is 0 Å². The van der Waals surface area contributed by atoms with Crippen LogP contribution in [0, 0.1) is 11.8 Å². The molecule has 1 heterocycles. The Kier molecular flexibility index (Phi) is 6.63. The monoisotopic (exact) mass is 393 g/mol. The van der Waals surface area contributed by atoms with E-state index in [0.29, 0.717) is 12.1 Å². The second-order valence-electron chi connectivity index (χ2n) is 6.43. The van der Waals surface area contributed by atoms with E-state index in [1.165, 1.54) is 6.92 Å². The van der Waals surface area contributed by atoms with Crippen molar-refractivity contribution in [3.63, 3.8) is 0 Å². The molecule has 0 fully saturated rings. The average Bonchev–Trinajstić information content (AvgIpc) is 3.08. The molecule has 2 unspecified atom stereocenters. The molecule has 2 rings (SSSR count). The van der Waals surface area contributed by atoms with E-state index in [4.69, 9.17) is 14.7 Å². The zero-order chi connectivity index (χ0) is 20.1. The number of aliphatic hydroxyl groups excluding tert-OH is 1. The fourth-order valence-electron chi connectivity index (χ4n) is 2.70. The van der Waals surface area contributed by atoms with Gasteiger partial charge in [0, 0.05) is 24.7 Å². The van der Waals surface area contributed by atoms with E-state index in [1.807, 2.05) is 12.1 Å². The van der Waals surface area contributed by atoms with E-state index >= 15 is 0 Å². The maximum atomic E-state index is 12.2. The van der Waals surface area contributed by atoms with Crippen molar-refractivity contribution in [3.05, 3.63) is 35.4 Å². The number of hydrogen-bond donors (Lipinski definition) is 1. The molecule has 0 radical (unpaired) electrons. The lowest BCUT2D eigenvalue weighted by atomic mass is 9.97. The molecule has 146 valence electrons. The van der Waals surface area contributed by atoms with E-state index in [-0.39, 0.29) is 19.6 Å². The smallest absolute Gasteiger partial charge is 0.327 e. The number of aliphatic hydroxyl groups is 1. The number of esters is 1. The highest BCUT2D eigenvalue weighted by Crippen LogP contribution is 2.30. The van der Waals surface area contributed by atoms with Crippen LogP contribution in [0.2, 0.25) is 0 Å². The zero-order valence-corrected chi connectivity index (χ0v) is 16.4. The molecular formula is C19H23NO6S. The van der Waals surface area contributed by atoms with Crippen LogP contribution in [-0.4, -0.2) is 55.5 Å². The third-order valence-electron chi connectivity index (χ3n) is 4.41. The standard InChI is InChI=1S/C19H23NO6S/c1-4-25-18(22)19(2,27(3,23)24)13-16-12-17(20-26-16)15-9-7-14(8-10-15)6-5-11-21/h7-10,16,21H,4,11-13H2,1-3H3. The first kappa shape index (κ1) is 20.9. The van der Waals surface area contributed by atoms with Crippen molar-refractivity contribution in [1.82, 2.24) is 0 Å². The molecule has 0 amide bonds. The van der Waals surface area contributed by atoms with Crippen LogP contribution in [0.15, 0.2) is 29.4 Å². The fourth-order valence-corrected chi connectivity index (χ4v) is 3.55. The number of nitrogens with zero attached hydrogens (tertiary/aromatic N) is 1. The fraction of sp³-hybridized carbons (Fsp3) is 0.474. The van der Waals surface area contributed by atoms with Crippen molar-refractivity contribution >= 4 is 21.5 Å². The third-order valence-corrected chi connectivity index (χ3v) is 6.38. The number of oxime groups is 1. The summed E-state index contributed by atoms with van der Waals surface area (Å²) in [5, 5.41) is 12.8. The number of benzene rings is 1. The summed E-state index contributed by atoms with van der Waals surface area (Å²) in [6, 6.07) is 7.25. The van der Waals surface area contributed by atoms with Crippen molar-refractivity contribution in [2.75, 3.05) is 19.5 Å². The predicted molar refractivity (Wildman–Crippen MR) is 101 cm³/mol. The molecule has 0 saturated carbocycles. The number of sulfone groups is 1. The topological polar surface area (TPSA) is 102 Å². The van der Waals surface area contributed by atoms with Gasteiger partial charge in [-0.2, -0.15) is 0 Å². The Hall–Kier alpha value is -2.37. The average molecular weight is 393 g/mol. The Morgan fingerprint density at radius 2 is 2.07 bits per heavy atom. The Morgan fingerprint density at radius 3 is 2.63 bits per heavy atom. The molecule has 8 heteroatoms. The van der Waals surface area contributed by atoms with Gasteiger partial charge in [0.2, 0.25) is 0 Å². The Balaban J connectivity index is 2.10. The zero-order valence-electron chi connectivity index (χ0n) is 15.6. The second kappa shape index (κ2) is 8.55. The molecule has 0 spiro atoms. The van der Waals surface area contributed by atoms with Gasteiger partial charge in [0.1, 0.15) is 12.7 Å². The van der Waals surface area contributed by atoms with Crippen molar-refractivity contribution in [3.8, 4) is 11.8 Å². The summed E-state index contributed by atoms with van der Waals surface area (Å²) >= 11 is 0. The summed E-state index contributed by atoms with van der Waals surface area (Å²) in [6.45, 7) is 2.88. The van der Waals surface area contributed by atoms with Crippen molar-refractivity contribution in [2.24, 2.45) is 5.16 Å². The van der Waals surface area contributed by atoms with Crippen LogP contribution < -0.4 is 0 Å². The van der Waals surface area contributed by atoms with E-state index in [9.17, 15) is 13.2 Å². The molecule has 1 N–H and O–H groups in total. The summed E-state index contributed by atoms with van der Waals surface area (Å²) in [7, 11) is -3.71. The summed E-state index contributed by atoms with van der Waals surface area (Å²) in [5.74, 6) is 4.59. The van der Waals surface area contributed by atoms with Crippen molar-refractivity contribution in [1.29, 1.82) is 0 Å². The maximum absolute atomic E-state index is 12.2. The molecule has 0 saturated heterocycles. The lowest BCUT2D eigenvalue weighted by Gasteiger charge is -2.27. The van der Waals surface area contributed by atoms with Crippen LogP contribution in [0.3, 0.4) is 0 Å². The van der Waals surface area contributed by atoms with Gasteiger partial charge in [0.05, 0.1) is 12.3 Å². The first-order valence-electron chi connectivity index (χ1n) is 8.51. The van der Waals surface area contributed by atoms with Gasteiger partial charge in [-0.25, -0.2) is 8.42 Å². The van der Waals surface area contributed by atoms with Gasteiger partial charge < -0.3 is 14.7 Å². The molecule has 2 atom stereocenters. The number of carbonyl (C=O) groups excluding carboxylic acids is 1. The highest BCUT2D eigenvalue weighted by molar-refractivity contribution is 7.92. The van der Waals surface area contributed by atoms with Crippen LogP contribution in [0.1, 0.15) is 37.8 Å². The normalized spacial score (nSPS) is 18.5. The number of hydrogen-bond acceptors (Lipinski definition) is 7. The Labute approximate surface area is 159 Å². The first-order valence-corrected chi connectivity index (χ1v) is 10.4. The second-order valence-corrected chi connectivity index (χ2v) is 8.88. The summed E-state index contributed by atoms with van der Waals surface area (Å²) < 4.78 is 27.7. The molecule has 0 bridgehead atoms. The predicted octanol–water partition coefficient (Wildman–Crippen LogP) is 1.28. The van der Waals surface area contributed by atoms with E-state index in [0.717, 1.165) is 17.4 Å². The van der Waals surface area contributed by atoms with Gasteiger partial charge >= 0.3 is 5.97 Å². The molecule has 1 aromatic rings. The Bertz CT molecular complexity index is 879. The maximum Gasteiger partial charge on any atom is 0.327 e. The van der Waals surface area contributed by atoms with Gasteiger partial charge in [0.15, 0.2) is 14.6 Å². The minimum absolute atomic E-state index is 0.0439. The molecule has 0 aromatic heterocycles. The largest absolute Gasteiger partial charge is 0.465 e. The first-order chi connectivity index (χ1) is 12.7. The van der Waals surface area contributed by atoms with Crippen molar-refractivity contribution in [2.45, 2.75) is 37.5 Å². The van der Waals surface area contributed by atoms with Gasteiger partial charge in [-0.05, 0) is 31.5 Å². The highest BCUT2D eigenvalue weighted by atomic mass is 32.2. The summed E-state index contributed by atoms with van der Waals surface area (Å²) in [5.41, 5.74) is 2.25. The van der Waals surface area contributed by atoms with Crippen molar-refractivity contribution < 1.29 is 27.9 Å². The molecule has 1 aromatic carbocycles. The van der Waals surface area contributed by atoms with Gasteiger partial charge in [0.25, 0.3) is 0 Å². The SMILES string of the molecule is CCOC(=O)C(C)(CC1CC(c2ccc(C#CCO)cc2)=NO1)S(C)(=O)=O. The lowest BCUT2D eigenvalue weighted by Crippen LogP contribution is -2.47. The minimum Gasteiger partial charge on any atom is -0.465 e. The Morgan fingerprint density at radius 1 is 1.41 bits per heavy atom.